The Balaban J connectivity index is 3.20. The second kappa shape index (κ2) is 5.38. The Bertz CT molecular complexity index is 372. The minimum absolute atomic E-state index is 0.00335. The van der Waals surface area contributed by atoms with E-state index in [9.17, 15) is 0 Å². The van der Waals surface area contributed by atoms with E-state index in [1.165, 1.54) is 0 Å². The van der Waals surface area contributed by atoms with Crippen molar-refractivity contribution in [2.45, 2.75) is 26.8 Å². The maximum absolute atomic E-state index is 5.65. The quantitative estimate of drug-likeness (QED) is 0.624. The summed E-state index contributed by atoms with van der Waals surface area (Å²) in [5.41, 5.74) is 3.88. The minimum Gasteiger partial charge on any atom is -0.497 e. The number of hydrazine groups is 1. The van der Waals surface area contributed by atoms with Crippen LogP contribution >= 0.6 is 0 Å². The van der Waals surface area contributed by atoms with Gasteiger partial charge < -0.3 is 9.47 Å². The van der Waals surface area contributed by atoms with E-state index in [-0.39, 0.29) is 11.5 Å². The summed E-state index contributed by atoms with van der Waals surface area (Å²) in [6.07, 6.45) is 0. The molecule has 1 rings (SSSR count). The van der Waals surface area contributed by atoms with Crippen molar-refractivity contribution < 1.29 is 9.47 Å². The SMILES string of the molecule is COc1ccc(C(NN)C(C)(C)C)c(OC)c1. The highest BCUT2D eigenvalue weighted by Gasteiger charge is 2.27. The van der Waals surface area contributed by atoms with Crippen LogP contribution in [0.4, 0.5) is 0 Å². The maximum Gasteiger partial charge on any atom is 0.127 e. The minimum atomic E-state index is -0.00335. The monoisotopic (exact) mass is 238 g/mol. The molecule has 1 atom stereocenters. The van der Waals surface area contributed by atoms with Gasteiger partial charge in [0.15, 0.2) is 0 Å². The molecule has 0 bridgehead atoms. The molecule has 4 nitrogen and oxygen atoms in total. The molecule has 0 radical (unpaired) electrons. The molecule has 1 aromatic carbocycles. The van der Waals surface area contributed by atoms with Crippen LogP contribution in [0.3, 0.4) is 0 Å². The Morgan fingerprint density at radius 3 is 2.24 bits per heavy atom. The largest absolute Gasteiger partial charge is 0.497 e. The predicted molar refractivity (Wildman–Crippen MR) is 69.1 cm³/mol. The summed E-state index contributed by atoms with van der Waals surface area (Å²) in [6, 6.07) is 5.77. The number of hydrogen-bond acceptors (Lipinski definition) is 4. The lowest BCUT2D eigenvalue weighted by molar-refractivity contribution is 0.266. The Morgan fingerprint density at radius 1 is 1.18 bits per heavy atom. The van der Waals surface area contributed by atoms with Gasteiger partial charge >= 0.3 is 0 Å². The van der Waals surface area contributed by atoms with E-state index in [2.05, 4.69) is 26.2 Å². The van der Waals surface area contributed by atoms with Crippen molar-refractivity contribution in [3.8, 4) is 11.5 Å². The van der Waals surface area contributed by atoms with Gasteiger partial charge in [-0.3, -0.25) is 11.3 Å². The normalized spacial score (nSPS) is 13.3. The van der Waals surface area contributed by atoms with Crippen LogP contribution in [0.25, 0.3) is 0 Å². The number of nitrogens with two attached hydrogens (primary N) is 1. The van der Waals surface area contributed by atoms with Gasteiger partial charge in [0.1, 0.15) is 11.5 Å². The molecule has 0 saturated heterocycles. The van der Waals surface area contributed by atoms with Crippen LogP contribution < -0.4 is 20.7 Å². The average Bonchev–Trinajstić information content (AvgIpc) is 2.28. The van der Waals surface area contributed by atoms with Gasteiger partial charge in [-0.2, -0.15) is 0 Å². The molecule has 0 aromatic heterocycles. The van der Waals surface area contributed by atoms with Crippen molar-refractivity contribution in [2.75, 3.05) is 14.2 Å². The molecule has 0 aliphatic carbocycles. The summed E-state index contributed by atoms with van der Waals surface area (Å²) in [7, 11) is 3.28. The number of hydrogen-bond donors (Lipinski definition) is 2. The highest BCUT2D eigenvalue weighted by atomic mass is 16.5. The molecule has 17 heavy (non-hydrogen) atoms. The highest BCUT2D eigenvalue weighted by molar-refractivity contribution is 5.43. The summed E-state index contributed by atoms with van der Waals surface area (Å²) in [4.78, 5) is 0. The van der Waals surface area contributed by atoms with Crippen LogP contribution in [0.15, 0.2) is 18.2 Å². The van der Waals surface area contributed by atoms with Gasteiger partial charge in [0, 0.05) is 11.6 Å². The van der Waals surface area contributed by atoms with Gasteiger partial charge in [-0.15, -0.1) is 0 Å². The molecule has 3 N–H and O–H groups in total. The summed E-state index contributed by atoms with van der Waals surface area (Å²) in [5.74, 6) is 7.20. The Kier molecular flexibility index (Phi) is 4.37. The number of rotatable bonds is 4. The summed E-state index contributed by atoms with van der Waals surface area (Å²) < 4.78 is 10.6. The van der Waals surface area contributed by atoms with Crippen LogP contribution in [0, 0.1) is 5.41 Å². The lowest BCUT2D eigenvalue weighted by Crippen LogP contribution is -2.37. The van der Waals surface area contributed by atoms with E-state index in [0.29, 0.717) is 0 Å². The zero-order valence-corrected chi connectivity index (χ0v) is 11.2. The molecule has 0 saturated carbocycles. The smallest absolute Gasteiger partial charge is 0.127 e. The third-order valence-corrected chi connectivity index (χ3v) is 2.78. The van der Waals surface area contributed by atoms with Crippen LogP contribution in [0.1, 0.15) is 32.4 Å². The Morgan fingerprint density at radius 2 is 1.82 bits per heavy atom. The first-order valence-corrected chi connectivity index (χ1v) is 5.62. The summed E-state index contributed by atoms with van der Waals surface area (Å²) in [6.45, 7) is 6.38. The molecule has 0 amide bonds. The number of benzene rings is 1. The first-order valence-electron chi connectivity index (χ1n) is 5.62. The fraction of sp³-hybridized carbons (Fsp3) is 0.538. The van der Waals surface area contributed by atoms with Crippen molar-refractivity contribution >= 4 is 0 Å². The first kappa shape index (κ1) is 13.8. The third kappa shape index (κ3) is 3.11. The fourth-order valence-corrected chi connectivity index (χ4v) is 1.86. The molecule has 1 unspecified atom stereocenters. The van der Waals surface area contributed by atoms with E-state index < -0.39 is 0 Å². The lowest BCUT2D eigenvalue weighted by Gasteiger charge is -2.31. The van der Waals surface area contributed by atoms with Gasteiger partial charge in [-0.1, -0.05) is 20.8 Å². The summed E-state index contributed by atoms with van der Waals surface area (Å²) in [5, 5.41) is 0. The predicted octanol–water partition coefficient (Wildman–Crippen LogP) is 2.25. The van der Waals surface area contributed by atoms with E-state index in [4.69, 9.17) is 15.3 Å². The molecule has 0 spiro atoms. The van der Waals surface area contributed by atoms with Crippen molar-refractivity contribution in [2.24, 2.45) is 11.3 Å². The van der Waals surface area contributed by atoms with Crippen LogP contribution in [-0.4, -0.2) is 14.2 Å². The van der Waals surface area contributed by atoms with E-state index in [1.807, 2.05) is 18.2 Å². The zero-order chi connectivity index (χ0) is 13.1. The van der Waals surface area contributed by atoms with Crippen molar-refractivity contribution in [1.82, 2.24) is 5.43 Å². The van der Waals surface area contributed by atoms with Gasteiger partial charge in [0.05, 0.1) is 20.3 Å². The molecule has 0 aliphatic heterocycles. The fourth-order valence-electron chi connectivity index (χ4n) is 1.86. The second-order valence-corrected chi connectivity index (χ2v) is 5.07. The molecule has 1 aromatic rings. The second-order valence-electron chi connectivity index (χ2n) is 5.07. The molecule has 0 heterocycles. The highest BCUT2D eigenvalue weighted by Crippen LogP contribution is 2.38. The number of nitrogens with one attached hydrogen (secondary N) is 1. The standard InChI is InChI=1S/C13H22N2O2/c1-13(2,3)12(15-14)10-7-6-9(16-4)8-11(10)17-5/h6-8,12,15H,14H2,1-5H3. The molecule has 96 valence electrons. The van der Waals surface area contributed by atoms with Crippen molar-refractivity contribution in [1.29, 1.82) is 0 Å². The van der Waals surface area contributed by atoms with E-state index in [1.54, 1.807) is 14.2 Å². The lowest BCUT2D eigenvalue weighted by atomic mass is 9.82. The van der Waals surface area contributed by atoms with Crippen molar-refractivity contribution in [3.63, 3.8) is 0 Å². The molecular formula is C13H22N2O2. The molecule has 0 aliphatic rings. The van der Waals surface area contributed by atoms with E-state index >= 15 is 0 Å². The van der Waals surface area contributed by atoms with E-state index in [0.717, 1.165) is 17.1 Å². The Hall–Kier alpha value is -1.26. The molecular weight excluding hydrogens is 216 g/mol. The number of methoxy groups -OCH3 is 2. The topological polar surface area (TPSA) is 56.5 Å². The Labute approximate surface area is 103 Å². The van der Waals surface area contributed by atoms with Gasteiger partial charge in [0.2, 0.25) is 0 Å². The first-order chi connectivity index (χ1) is 7.93. The van der Waals surface area contributed by atoms with Gasteiger partial charge in [0.25, 0.3) is 0 Å². The van der Waals surface area contributed by atoms with Gasteiger partial charge in [-0.25, -0.2) is 0 Å². The van der Waals surface area contributed by atoms with Crippen LogP contribution in [0.2, 0.25) is 0 Å². The average molecular weight is 238 g/mol. The van der Waals surface area contributed by atoms with Crippen molar-refractivity contribution in [3.05, 3.63) is 23.8 Å². The third-order valence-electron chi connectivity index (χ3n) is 2.78. The number of ether oxygens (including phenoxy) is 2. The zero-order valence-electron chi connectivity index (χ0n) is 11.2. The van der Waals surface area contributed by atoms with Crippen LogP contribution in [0.5, 0.6) is 11.5 Å². The van der Waals surface area contributed by atoms with Crippen LogP contribution in [-0.2, 0) is 0 Å². The van der Waals surface area contributed by atoms with Gasteiger partial charge in [-0.05, 0) is 17.5 Å². The summed E-state index contributed by atoms with van der Waals surface area (Å²) >= 11 is 0. The maximum atomic E-state index is 5.65. The molecule has 0 fully saturated rings. The molecule has 4 heteroatoms.